The first kappa shape index (κ1) is 18.8. The zero-order valence-electron chi connectivity index (χ0n) is 15.5. The average Bonchev–Trinajstić information content (AvgIpc) is 2.57. The number of carbonyl (C=O) groups is 1. The first-order valence-corrected chi connectivity index (χ1v) is 8.69. The number of nitro groups is 1. The number of nitrogens with one attached hydrogen (secondary N) is 1. The zero-order valence-corrected chi connectivity index (χ0v) is 15.5. The Kier molecular flexibility index (Phi) is 4.89. The van der Waals surface area contributed by atoms with E-state index in [1.807, 2.05) is 31.2 Å². The lowest BCUT2D eigenvalue weighted by molar-refractivity contribution is -0.384. The van der Waals surface area contributed by atoms with Gasteiger partial charge in [0.1, 0.15) is 17.0 Å². The first-order valence-electron chi connectivity index (χ1n) is 8.69. The highest BCUT2D eigenvalue weighted by Gasteiger charge is 2.37. The third-order valence-electron chi connectivity index (χ3n) is 4.72. The molecule has 0 aromatic heterocycles. The number of ether oxygens (including phenoxy) is 1. The van der Waals surface area contributed by atoms with E-state index in [1.165, 1.54) is 12.1 Å². The van der Waals surface area contributed by atoms with Gasteiger partial charge < -0.3 is 15.2 Å². The number of carbonyl (C=O) groups excluding carboxylic acids is 1. The summed E-state index contributed by atoms with van der Waals surface area (Å²) in [5.74, 6) is 0.00745. The van der Waals surface area contributed by atoms with E-state index in [-0.39, 0.29) is 23.7 Å². The SMILES string of the molecule is Cc1ccc(CC(=O)Nc2cc3c(cc2[N+](=O)[O-])OC(C)(C)C(O)C3)cc1. The van der Waals surface area contributed by atoms with Crippen molar-refractivity contribution in [2.24, 2.45) is 0 Å². The maximum absolute atomic E-state index is 12.4. The van der Waals surface area contributed by atoms with E-state index in [0.29, 0.717) is 17.7 Å². The number of aliphatic hydroxyl groups excluding tert-OH is 1. The Bertz CT molecular complexity index is 890. The minimum atomic E-state index is -0.836. The Morgan fingerprint density at radius 1 is 1.33 bits per heavy atom. The summed E-state index contributed by atoms with van der Waals surface area (Å²) in [6, 6.07) is 10.3. The second-order valence-electron chi connectivity index (χ2n) is 7.37. The van der Waals surface area contributed by atoms with Gasteiger partial charge in [-0.1, -0.05) is 29.8 Å². The van der Waals surface area contributed by atoms with Gasteiger partial charge in [0, 0.05) is 6.42 Å². The molecule has 0 saturated carbocycles. The van der Waals surface area contributed by atoms with Crippen LogP contribution < -0.4 is 10.1 Å². The molecule has 0 bridgehead atoms. The third-order valence-corrected chi connectivity index (χ3v) is 4.72. The molecule has 0 radical (unpaired) electrons. The van der Waals surface area contributed by atoms with Crippen LogP contribution in [0.5, 0.6) is 5.75 Å². The molecular weight excluding hydrogens is 348 g/mol. The fraction of sp³-hybridized carbons (Fsp3) is 0.350. The molecule has 1 heterocycles. The van der Waals surface area contributed by atoms with Crippen molar-refractivity contribution in [3.8, 4) is 5.75 Å². The highest BCUT2D eigenvalue weighted by atomic mass is 16.6. The molecule has 0 aliphatic carbocycles. The summed E-state index contributed by atoms with van der Waals surface area (Å²) in [6.45, 7) is 5.41. The highest BCUT2D eigenvalue weighted by Crippen LogP contribution is 2.39. The minimum Gasteiger partial charge on any atom is -0.485 e. The van der Waals surface area contributed by atoms with Gasteiger partial charge in [-0.25, -0.2) is 0 Å². The van der Waals surface area contributed by atoms with Crippen molar-refractivity contribution in [2.45, 2.75) is 45.3 Å². The van der Waals surface area contributed by atoms with E-state index in [1.54, 1.807) is 13.8 Å². The molecule has 0 fully saturated rings. The summed E-state index contributed by atoms with van der Waals surface area (Å²) in [5, 5.41) is 24.3. The summed E-state index contributed by atoms with van der Waals surface area (Å²) in [7, 11) is 0. The lowest BCUT2D eigenvalue weighted by atomic mass is 9.90. The highest BCUT2D eigenvalue weighted by molar-refractivity contribution is 5.94. The lowest BCUT2D eigenvalue weighted by Crippen LogP contribution is -2.46. The van der Waals surface area contributed by atoms with Gasteiger partial charge in [0.05, 0.1) is 23.5 Å². The summed E-state index contributed by atoms with van der Waals surface area (Å²) >= 11 is 0. The van der Waals surface area contributed by atoms with Gasteiger partial charge in [0.25, 0.3) is 5.69 Å². The van der Waals surface area contributed by atoms with Gasteiger partial charge in [0.15, 0.2) is 0 Å². The molecule has 3 rings (SSSR count). The third kappa shape index (κ3) is 4.09. The Balaban J connectivity index is 1.86. The number of hydrogen-bond donors (Lipinski definition) is 2. The number of fused-ring (bicyclic) bond motifs is 1. The number of benzene rings is 2. The number of rotatable bonds is 4. The van der Waals surface area contributed by atoms with E-state index in [9.17, 15) is 20.0 Å². The molecule has 7 heteroatoms. The number of nitro benzene ring substituents is 1. The topological polar surface area (TPSA) is 102 Å². The number of anilines is 1. The molecule has 2 N–H and O–H groups in total. The van der Waals surface area contributed by atoms with Crippen molar-refractivity contribution in [3.63, 3.8) is 0 Å². The number of nitrogens with zero attached hydrogens (tertiary/aromatic N) is 1. The molecule has 2 aromatic carbocycles. The van der Waals surface area contributed by atoms with Gasteiger partial charge in [-0.3, -0.25) is 14.9 Å². The Labute approximate surface area is 157 Å². The number of hydrogen-bond acceptors (Lipinski definition) is 5. The smallest absolute Gasteiger partial charge is 0.296 e. The first-order chi connectivity index (χ1) is 12.7. The molecule has 1 aliphatic rings. The van der Waals surface area contributed by atoms with Crippen LogP contribution in [0.2, 0.25) is 0 Å². The van der Waals surface area contributed by atoms with Gasteiger partial charge in [-0.15, -0.1) is 0 Å². The summed E-state index contributed by atoms with van der Waals surface area (Å²) in [6.07, 6.45) is -0.343. The molecule has 0 saturated heterocycles. The van der Waals surface area contributed by atoms with Crippen LogP contribution in [0.15, 0.2) is 36.4 Å². The number of amides is 1. The number of aryl methyl sites for hydroxylation is 1. The fourth-order valence-electron chi connectivity index (χ4n) is 3.01. The van der Waals surface area contributed by atoms with E-state index < -0.39 is 16.6 Å². The predicted molar refractivity (Wildman–Crippen MR) is 101 cm³/mol. The molecule has 1 amide bonds. The molecule has 7 nitrogen and oxygen atoms in total. The lowest BCUT2D eigenvalue weighted by Gasteiger charge is -2.37. The van der Waals surface area contributed by atoms with E-state index in [2.05, 4.69) is 5.32 Å². The maximum atomic E-state index is 12.4. The predicted octanol–water partition coefficient (Wildman–Crippen LogP) is 3.16. The second-order valence-corrected chi connectivity index (χ2v) is 7.37. The van der Waals surface area contributed by atoms with Crippen LogP contribution in [0.25, 0.3) is 0 Å². The van der Waals surface area contributed by atoms with Gasteiger partial charge in [0.2, 0.25) is 5.91 Å². The molecule has 2 aromatic rings. The van der Waals surface area contributed by atoms with Crippen molar-refractivity contribution < 1.29 is 19.6 Å². The summed E-state index contributed by atoms with van der Waals surface area (Å²) in [5.41, 5.74) is 1.56. The summed E-state index contributed by atoms with van der Waals surface area (Å²) in [4.78, 5) is 23.3. The van der Waals surface area contributed by atoms with E-state index in [0.717, 1.165) is 11.1 Å². The van der Waals surface area contributed by atoms with Gasteiger partial charge in [-0.2, -0.15) is 0 Å². The van der Waals surface area contributed by atoms with Crippen LogP contribution in [0.4, 0.5) is 11.4 Å². The summed E-state index contributed by atoms with van der Waals surface area (Å²) < 4.78 is 5.72. The standard InChI is InChI=1S/C20H22N2O5/c1-12-4-6-13(7-5-12)8-19(24)21-15-9-14-10-18(23)20(2,3)27-17(14)11-16(15)22(25)26/h4-7,9,11,18,23H,8,10H2,1-3H3,(H,21,24). The van der Waals surface area contributed by atoms with Crippen molar-refractivity contribution in [1.82, 2.24) is 0 Å². The second kappa shape index (κ2) is 7.00. The molecular formula is C20H22N2O5. The van der Waals surface area contributed by atoms with Crippen molar-refractivity contribution in [3.05, 3.63) is 63.2 Å². The van der Waals surface area contributed by atoms with Crippen LogP contribution in [0.3, 0.4) is 0 Å². The maximum Gasteiger partial charge on any atom is 0.296 e. The molecule has 27 heavy (non-hydrogen) atoms. The van der Waals surface area contributed by atoms with Crippen molar-refractivity contribution in [1.29, 1.82) is 0 Å². The Hall–Kier alpha value is -2.93. The average molecular weight is 370 g/mol. The molecule has 1 atom stereocenters. The van der Waals surface area contributed by atoms with Crippen LogP contribution in [-0.4, -0.2) is 27.6 Å². The Morgan fingerprint density at radius 2 is 2.00 bits per heavy atom. The van der Waals surface area contributed by atoms with Crippen LogP contribution in [0.1, 0.15) is 30.5 Å². The fourth-order valence-corrected chi connectivity index (χ4v) is 3.01. The van der Waals surface area contributed by atoms with Crippen molar-refractivity contribution >= 4 is 17.3 Å². The van der Waals surface area contributed by atoms with Crippen LogP contribution in [0, 0.1) is 17.0 Å². The molecule has 1 unspecified atom stereocenters. The minimum absolute atomic E-state index is 0.103. The van der Waals surface area contributed by atoms with Crippen LogP contribution in [-0.2, 0) is 17.6 Å². The van der Waals surface area contributed by atoms with Gasteiger partial charge >= 0.3 is 0 Å². The normalized spacial score (nSPS) is 17.6. The van der Waals surface area contributed by atoms with Gasteiger partial charge in [-0.05, 0) is 38.0 Å². The van der Waals surface area contributed by atoms with E-state index >= 15 is 0 Å². The quantitative estimate of drug-likeness (QED) is 0.636. The number of aliphatic hydroxyl groups is 1. The largest absolute Gasteiger partial charge is 0.485 e. The Morgan fingerprint density at radius 3 is 2.63 bits per heavy atom. The zero-order chi connectivity index (χ0) is 19.8. The molecule has 0 spiro atoms. The molecule has 142 valence electrons. The molecule has 1 aliphatic heterocycles. The van der Waals surface area contributed by atoms with Crippen molar-refractivity contribution in [2.75, 3.05) is 5.32 Å². The van der Waals surface area contributed by atoms with E-state index in [4.69, 9.17) is 4.74 Å². The van der Waals surface area contributed by atoms with Crippen LogP contribution >= 0.6 is 0 Å². The monoisotopic (exact) mass is 370 g/mol.